The van der Waals surface area contributed by atoms with Crippen LogP contribution in [0.25, 0.3) is 0 Å². The molecule has 3 heterocycles. The molecule has 4 rings (SSSR count). The van der Waals surface area contributed by atoms with E-state index in [0.29, 0.717) is 13.1 Å². The summed E-state index contributed by atoms with van der Waals surface area (Å²) in [5.74, 6) is 0.913. The van der Waals surface area contributed by atoms with Gasteiger partial charge in [0.05, 0.1) is 31.6 Å². The van der Waals surface area contributed by atoms with Gasteiger partial charge in [0.15, 0.2) is 0 Å². The fourth-order valence-corrected chi connectivity index (χ4v) is 4.00. The second-order valence-corrected chi connectivity index (χ2v) is 7.88. The topological polar surface area (TPSA) is 50.9 Å². The summed E-state index contributed by atoms with van der Waals surface area (Å²) in [6.07, 6.45) is 1.67. The zero-order valence-electron chi connectivity index (χ0n) is 17.9. The van der Waals surface area contributed by atoms with Crippen LogP contribution in [0.2, 0.25) is 0 Å². The molecule has 1 fully saturated rings. The molecule has 1 aliphatic rings. The van der Waals surface area contributed by atoms with Crippen molar-refractivity contribution in [1.82, 2.24) is 9.47 Å². The normalized spacial score (nSPS) is 14.2. The smallest absolute Gasteiger partial charge is 0.255 e. The summed E-state index contributed by atoms with van der Waals surface area (Å²) in [6, 6.07) is 14.3. The minimum absolute atomic E-state index is 0.0334. The first-order chi connectivity index (χ1) is 14.5. The van der Waals surface area contributed by atoms with Crippen LogP contribution in [0, 0.1) is 13.8 Å². The molecule has 0 N–H and O–H groups in total. The van der Waals surface area contributed by atoms with Gasteiger partial charge in [-0.25, -0.2) is 0 Å². The number of benzene rings is 1. The molecule has 0 aliphatic carbocycles. The lowest BCUT2D eigenvalue weighted by atomic mass is 10.1. The van der Waals surface area contributed by atoms with Crippen molar-refractivity contribution in [3.05, 3.63) is 77.0 Å². The third-order valence-corrected chi connectivity index (χ3v) is 5.78. The zero-order chi connectivity index (χ0) is 21.1. The lowest BCUT2D eigenvalue weighted by Gasteiger charge is -2.29. The van der Waals surface area contributed by atoms with Crippen LogP contribution in [0.1, 0.15) is 33.1 Å². The zero-order valence-corrected chi connectivity index (χ0v) is 17.9. The first-order valence-corrected chi connectivity index (χ1v) is 10.4. The second-order valence-electron chi connectivity index (χ2n) is 7.88. The van der Waals surface area contributed by atoms with Crippen LogP contribution in [0.15, 0.2) is 53.1 Å². The maximum absolute atomic E-state index is 13.1. The Morgan fingerprint density at radius 1 is 1.10 bits per heavy atom. The average Bonchev–Trinajstić information content (AvgIpc) is 3.38. The second kappa shape index (κ2) is 8.79. The van der Waals surface area contributed by atoms with E-state index in [1.807, 2.05) is 39.1 Å². The Kier molecular flexibility index (Phi) is 5.95. The fourth-order valence-electron chi connectivity index (χ4n) is 4.00. The molecule has 30 heavy (non-hydrogen) atoms. The number of hydrogen-bond donors (Lipinski definition) is 0. The number of furan rings is 1. The summed E-state index contributed by atoms with van der Waals surface area (Å²) in [7, 11) is 1.86. The summed E-state index contributed by atoms with van der Waals surface area (Å²) >= 11 is 0. The predicted octanol–water partition coefficient (Wildman–Crippen LogP) is 3.86. The number of carbonyl (C=O) groups excluding carboxylic acids is 1. The molecule has 0 spiro atoms. The highest BCUT2D eigenvalue weighted by atomic mass is 16.5. The molecule has 0 bridgehead atoms. The van der Waals surface area contributed by atoms with Crippen molar-refractivity contribution in [2.24, 2.45) is 0 Å². The maximum Gasteiger partial charge on any atom is 0.255 e. The Hall–Kier alpha value is -2.99. The number of rotatable bonds is 6. The summed E-state index contributed by atoms with van der Waals surface area (Å²) in [5.41, 5.74) is 5.08. The highest BCUT2D eigenvalue weighted by molar-refractivity contribution is 5.95. The van der Waals surface area contributed by atoms with Crippen molar-refractivity contribution >= 4 is 11.6 Å². The highest BCUT2D eigenvalue weighted by Gasteiger charge is 2.20. The Bertz CT molecular complexity index is 984. The molecule has 1 aliphatic heterocycles. The SMILES string of the molecule is Cc1cc(C(=O)N(C)Cc2ccc(N3CCOCC3)cc2)c(C)n1Cc1ccco1. The molecule has 1 saturated heterocycles. The van der Waals surface area contributed by atoms with Crippen LogP contribution in [0.5, 0.6) is 0 Å². The number of ether oxygens (including phenoxy) is 1. The fraction of sp³-hybridized carbons (Fsp3) is 0.375. The summed E-state index contributed by atoms with van der Waals surface area (Å²) in [4.78, 5) is 17.2. The minimum Gasteiger partial charge on any atom is -0.467 e. The van der Waals surface area contributed by atoms with Crippen molar-refractivity contribution < 1.29 is 13.9 Å². The molecule has 6 heteroatoms. The largest absolute Gasteiger partial charge is 0.467 e. The van der Waals surface area contributed by atoms with Crippen LogP contribution in [-0.4, -0.2) is 48.7 Å². The Morgan fingerprint density at radius 2 is 1.83 bits per heavy atom. The summed E-state index contributed by atoms with van der Waals surface area (Å²) in [5, 5.41) is 0. The van der Waals surface area contributed by atoms with Gasteiger partial charge in [0, 0.05) is 43.8 Å². The van der Waals surface area contributed by atoms with Gasteiger partial charge >= 0.3 is 0 Å². The van der Waals surface area contributed by atoms with Gasteiger partial charge < -0.3 is 23.5 Å². The van der Waals surface area contributed by atoms with E-state index in [9.17, 15) is 4.79 Å². The maximum atomic E-state index is 13.1. The molecule has 1 aromatic carbocycles. The van der Waals surface area contributed by atoms with Crippen LogP contribution < -0.4 is 4.90 Å². The molecule has 1 amide bonds. The molecule has 158 valence electrons. The van der Waals surface area contributed by atoms with Crippen molar-refractivity contribution in [3.63, 3.8) is 0 Å². The summed E-state index contributed by atoms with van der Waals surface area (Å²) in [6.45, 7) is 8.62. The van der Waals surface area contributed by atoms with Crippen LogP contribution in [-0.2, 0) is 17.8 Å². The van der Waals surface area contributed by atoms with Crippen LogP contribution >= 0.6 is 0 Å². The molecule has 6 nitrogen and oxygen atoms in total. The van der Waals surface area contributed by atoms with E-state index in [1.165, 1.54) is 5.69 Å². The van der Waals surface area contributed by atoms with E-state index in [0.717, 1.165) is 54.6 Å². The van der Waals surface area contributed by atoms with Crippen LogP contribution in [0.4, 0.5) is 5.69 Å². The molecule has 0 radical (unpaired) electrons. The number of morpholine rings is 1. The Balaban J connectivity index is 1.43. The number of aryl methyl sites for hydroxylation is 1. The monoisotopic (exact) mass is 407 g/mol. The number of hydrogen-bond acceptors (Lipinski definition) is 4. The molecular formula is C24H29N3O3. The standard InChI is InChI=1S/C24H29N3O3/c1-18-15-23(19(2)27(18)17-22-5-4-12-30-22)24(28)25(3)16-20-6-8-21(9-7-20)26-10-13-29-14-11-26/h4-9,12,15H,10-11,13-14,16-17H2,1-3H3. The van der Waals surface area contributed by atoms with E-state index in [1.54, 1.807) is 11.2 Å². The first kappa shape index (κ1) is 20.3. The quantitative estimate of drug-likeness (QED) is 0.623. The average molecular weight is 408 g/mol. The van der Waals surface area contributed by atoms with Gasteiger partial charge in [-0.2, -0.15) is 0 Å². The molecule has 3 aromatic rings. The third kappa shape index (κ3) is 4.28. The lowest BCUT2D eigenvalue weighted by Crippen LogP contribution is -2.36. The van der Waals surface area contributed by atoms with E-state index < -0.39 is 0 Å². The number of aromatic nitrogens is 1. The van der Waals surface area contributed by atoms with Crippen LogP contribution in [0.3, 0.4) is 0 Å². The predicted molar refractivity (Wildman–Crippen MR) is 117 cm³/mol. The summed E-state index contributed by atoms with van der Waals surface area (Å²) < 4.78 is 13.0. The minimum atomic E-state index is 0.0334. The van der Waals surface area contributed by atoms with Gasteiger partial charge in [-0.3, -0.25) is 4.79 Å². The van der Waals surface area contributed by atoms with Crippen molar-refractivity contribution in [3.8, 4) is 0 Å². The molecule has 0 saturated carbocycles. The number of anilines is 1. The van der Waals surface area contributed by atoms with E-state index in [-0.39, 0.29) is 5.91 Å². The van der Waals surface area contributed by atoms with E-state index in [2.05, 4.69) is 33.7 Å². The van der Waals surface area contributed by atoms with Crippen molar-refractivity contribution in [2.45, 2.75) is 26.9 Å². The molecule has 0 unspecified atom stereocenters. The van der Waals surface area contributed by atoms with Gasteiger partial charge in [-0.15, -0.1) is 0 Å². The van der Waals surface area contributed by atoms with E-state index >= 15 is 0 Å². The van der Waals surface area contributed by atoms with Crippen molar-refractivity contribution in [2.75, 3.05) is 38.3 Å². The first-order valence-electron chi connectivity index (χ1n) is 10.4. The van der Waals surface area contributed by atoms with E-state index in [4.69, 9.17) is 9.15 Å². The Morgan fingerprint density at radius 3 is 2.50 bits per heavy atom. The lowest BCUT2D eigenvalue weighted by molar-refractivity contribution is 0.0784. The highest BCUT2D eigenvalue weighted by Crippen LogP contribution is 2.21. The van der Waals surface area contributed by atoms with Gasteiger partial charge in [0.25, 0.3) is 5.91 Å². The van der Waals surface area contributed by atoms with Crippen molar-refractivity contribution in [1.29, 1.82) is 0 Å². The number of nitrogens with zero attached hydrogens (tertiary/aromatic N) is 3. The number of amides is 1. The molecular weight excluding hydrogens is 378 g/mol. The number of carbonyl (C=O) groups is 1. The van der Waals surface area contributed by atoms with Gasteiger partial charge in [0.1, 0.15) is 5.76 Å². The third-order valence-electron chi connectivity index (χ3n) is 5.78. The van der Waals surface area contributed by atoms with Gasteiger partial charge in [0.2, 0.25) is 0 Å². The molecule has 2 aromatic heterocycles. The molecule has 0 atom stereocenters. The Labute approximate surface area is 177 Å². The van der Waals surface area contributed by atoms with Gasteiger partial charge in [-0.05, 0) is 49.7 Å². The van der Waals surface area contributed by atoms with Gasteiger partial charge in [-0.1, -0.05) is 12.1 Å².